The van der Waals surface area contributed by atoms with Gasteiger partial charge in [0.25, 0.3) is 0 Å². The summed E-state index contributed by atoms with van der Waals surface area (Å²) in [4.78, 5) is 55.4. The molecule has 2 saturated heterocycles. The first-order valence-corrected chi connectivity index (χ1v) is 16.6. The average molecular weight is 647 g/mol. The van der Waals surface area contributed by atoms with Crippen LogP contribution in [0.3, 0.4) is 0 Å². The molecule has 2 aliphatic heterocycles. The van der Waals surface area contributed by atoms with E-state index in [-0.39, 0.29) is 30.2 Å². The third-order valence-electron chi connectivity index (χ3n) is 9.86. The van der Waals surface area contributed by atoms with Crippen LogP contribution in [0.1, 0.15) is 67.2 Å². The number of hydrogen-bond acceptors (Lipinski definition) is 6. The van der Waals surface area contributed by atoms with Crippen LogP contribution in [0.4, 0.5) is 0 Å². The molecule has 1 N–H and O–H groups in total. The van der Waals surface area contributed by atoms with Crippen molar-refractivity contribution in [1.29, 1.82) is 0 Å². The molecule has 0 spiro atoms. The molecule has 4 heterocycles. The third-order valence-corrected chi connectivity index (χ3v) is 10.1. The number of fused-ring (bicyclic) bond motifs is 2. The highest BCUT2D eigenvalue weighted by molar-refractivity contribution is 6.30. The third kappa shape index (κ3) is 6.69. The maximum absolute atomic E-state index is 14.5. The molecule has 0 unspecified atom stereocenters. The smallest absolute Gasteiger partial charge is 0.309 e. The predicted octanol–water partition coefficient (Wildman–Crippen LogP) is 4.38. The van der Waals surface area contributed by atoms with Crippen LogP contribution in [0.5, 0.6) is 0 Å². The van der Waals surface area contributed by atoms with E-state index in [0.29, 0.717) is 37.7 Å². The Morgan fingerprint density at radius 1 is 1.04 bits per heavy atom. The van der Waals surface area contributed by atoms with E-state index in [1.807, 2.05) is 48.7 Å². The van der Waals surface area contributed by atoms with Crippen molar-refractivity contribution in [3.63, 3.8) is 0 Å². The molecule has 244 valence electrons. The Balaban J connectivity index is 1.31. The normalized spacial score (nSPS) is 22.1. The second-order valence-electron chi connectivity index (χ2n) is 13.8. The van der Waals surface area contributed by atoms with Crippen LogP contribution in [0, 0.1) is 18.3 Å². The highest BCUT2D eigenvalue weighted by Crippen LogP contribution is 2.38. The number of carbonyl (C=O) groups is 3. The van der Waals surface area contributed by atoms with Crippen LogP contribution in [0.25, 0.3) is 0 Å². The van der Waals surface area contributed by atoms with Crippen LogP contribution in [-0.2, 0) is 33.8 Å². The molecule has 10 nitrogen and oxygen atoms in total. The van der Waals surface area contributed by atoms with Crippen molar-refractivity contribution in [1.82, 2.24) is 29.2 Å². The van der Waals surface area contributed by atoms with E-state index in [1.54, 1.807) is 18.7 Å². The number of rotatable bonds is 7. The Hall–Kier alpha value is -3.76. The lowest BCUT2D eigenvalue weighted by Crippen LogP contribution is -2.62. The van der Waals surface area contributed by atoms with Gasteiger partial charge in [-0.2, -0.15) is 0 Å². The average Bonchev–Trinajstić information content (AvgIpc) is 3.36. The van der Waals surface area contributed by atoms with Crippen molar-refractivity contribution in [3.8, 4) is 0 Å². The van der Waals surface area contributed by atoms with Crippen molar-refractivity contribution in [2.45, 2.75) is 71.5 Å². The Kier molecular flexibility index (Phi) is 9.21. The molecule has 0 saturated carbocycles. The summed E-state index contributed by atoms with van der Waals surface area (Å²) < 4.78 is 2.08. The Morgan fingerprint density at radius 2 is 1.85 bits per heavy atom. The molecule has 3 aliphatic rings. The molecule has 2 aromatic heterocycles. The highest BCUT2D eigenvalue weighted by Gasteiger charge is 2.44. The van der Waals surface area contributed by atoms with Gasteiger partial charge in [-0.3, -0.25) is 24.3 Å². The minimum Gasteiger partial charge on any atom is -0.481 e. The second-order valence-corrected chi connectivity index (χ2v) is 14.2. The standard InChI is InChI=1S/C35H43ClN6O4/c1-23-18-39(22-38-23)19-24-6-5-13-41(20-24)33(44)29-21-40(14-15-42(29)30(43)17-35(2,3)34(45)46)32-28-11-10-27(36)16-26(28)9-8-25-7-4-12-37-31(25)32/h4,7,10-12,16,18,22,24,29,32H,5-6,8-9,13-15,17,19-21H2,1-3H3,(H,45,46)/t24-,29+,32+/m0/s1. The number of halogens is 1. The minimum atomic E-state index is -1.25. The molecule has 2 fully saturated rings. The molecule has 1 aromatic carbocycles. The van der Waals surface area contributed by atoms with Gasteiger partial charge in [0.15, 0.2) is 0 Å². The van der Waals surface area contributed by atoms with E-state index >= 15 is 0 Å². The minimum absolute atomic E-state index is 0.0797. The SMILES string of the molecule is Cc1cn(C[C@@H]2CCCN(C(=O)[C@H]3CN([C@@H]4c5ccc(Cl)cc5CCc5cccnc54)CCN3C(=O)CC(C)(C)C(=O)O)C2)cn1. The van der Waals surface area contributed by atoms with Gasteiger partial charge in [-0.25, -0.2) is 4.98 Å². The van der Waals surface area contributed by atoms with E-state index in [0.717, 1.165) is 60.3 Å². The second kappa shape index (κ2) is 13.2. The molecule has 2 amide bonds. The number of piperidine rings is 1. The number of likely N-dealkylation sites (tertiary alicyclic amines) is 1. The fourth-order valence-corrected chi connectivity index (χ4v) is 7.55. The van der Waals surface area contributed by atoms with E-state index in [2.05, 4.69) is 26.6 Å². The lowest BCUT2D eigenvalue weighted by Gasteiger charge is -2.46. The zero-order chi connectivity index (χ0) is 32.6. The molecule has 0 radical (unpaired) electrons. The number of amides is 2. The topological polar surface area (TPSA) is 112 Å². The maximum atomic E-state index is 14.5. The first-order chi connectivity index (χ1) is 22.0. The summed E-state index contributed by atoms with van der Waals surface area (Å²) in [7, 11) is 0. The first kappa shape index (κ1) is 32.2. The zero-order valence-electron chi connectivity index (χ0n) is 26.9. The summed E-state index contributed by atoms with van der Waals surface area (Å²) in [5.41, 5.74) is 4.13. The summed E-state index contributed by atoms with van der Waals surface area (Å²) in [5, 5.41) is 10.5. The van der Waals surface area contributed by atoms with E-state index < -0.39 is 17.4 Å². The summed E-state index contributed by atoms with van der Waals surface area (Å²) in [6.07, 6.45) is 9.07. The van der Waals surface area contributed by atoms with Crippen LogP contribution in [0.15, 0.2) is 49.1 Å². The summed E-state index contributed by atoms with van der Waals surface area (Å²) in [6.45, 7) is 8.26. The van der Waals surface area contributed by atoms with Gasteiger partial charge in [0.05, 0.1) is 29.2 Å². The van der Waals surface area contributed by atoms with Gasteiger partial charge in [-0.15, -0.1) is 0 Å². The number of carboxylic acid groups (broad SMARTS) is 1. The fourth-order valence-electron chi connectivity index (χ4n) is 7.35. The quantitative estimate of drug-likeness (QED) is 0.406. The lowest BCUT2D eigenvalue weighted by molar-refractivity contribution is -0.156. The largest absolute Gasteiger partial charge is 0.481 e. The van der Waals surface area contributed by atoms with Crippen molar-refractivity contribution in [2.75, 3.05) is 32.7 Å². The van der Waals surface area contributed by atoms with Gasteiger partial charge in [-0.1, -0.05) is 23.7 Å². The van der Waals surface area contributed by atoms with Crippen LogP contribution < -0.4 is 0 Å². The number of aliphatic carboxylic acids is 1. The molecular formula is C35H43ClN6O4. The molecule has 46 heavy (non-hydrogen) atoms. The summed E-state index contributed by atoms with van der Waals surface area (Å²) in [5.74, 6) is -1.15. The number of piperazine rings is 1. The van der Waals surface area contributed by atoms with Crippen molar-refractivity contribution in [2.24, 2.45) is 11.3 Å². The number of benzene rings is 1. The maximum Gasteiger partial charge on any atom is 0.309 e. The summed E-state index contributed by atoms with van der Waals surface area (Å²) in [6, 6.07) is 9.15. The number of aryl methyl sites for hydroxylation is 3. The van der Waals surface area contributed by atoms with E-state index in [1.165, 1.54) is 0 Å². The van der Waals surface area contributed by atoms with Crippen molar-refractivity contribution in [3.05, 3.63) is 82.2 Å². The first-order valence-electron chi connectivity index (χ1n) is 16.3. The number of pyridine rings is 1. The number of imidazole rings is 1. The molecule has 1 aliphatic carbocycles. The van der Waals surface area contributed by atoms with E-state index in [4.69, 9.17) is 16.6 Å². The van der Waals surface area contributed by atoms with Gasteiger partial charge in [0.1, 0.15) is 6.04 Å². The molecule has 11 heteroatoms. The van der Waals surface area contributed by atoms with Gasteiger partial charge < -0.3 is 19.5 Å². The van der Waals surface area contributed by atoms with Crippen LogP contribution >= 0.6 is 11.6 Å². The molecule has 6 rings (SSSR count). The number of carboxylic acids is 1. The number of aromatic nitrogens is 3. The van der Waals surface area contributed by atoms with Crippen molar-refractivity contribution >= 4 is 29.4 Å². The highest BCUT2D eigenvalue weighted by atomic mass is 35.5. The molecule has 0 bridgehead atoms. The van der Waals surface area contributed by atoms with Crippen molar-refractivity contribution < 1.29 is 19.5 Å². The summed E-state index contributed by atoms with van der Waals surface area (Å²) >= 11 is 6.45. The van der Waals surface area contributed by atoms with Gasteiger partial charge in [0, 0.05) is 63.1 Å². The van der Waals surface area contributed by atoms with Gasteiger partial charge in [-0.05, 0) is 87.3 Å². The Labute approximate surface area is 275 Å². The van der Waals surface area contributed by atoms with Gasteiger partial charge >= 0.3 is 5.97 Å². The zero-order valence-corrected chi connectivity index (χ0v) is 27.6. The molecule has 3 atom stereocenters. The van der Waals surface area contributed by atoms with Crippen LogP contribution in [0.2, 0.25) is 5.02 Å². The monoisotopic (exact) mass is 646 g/mol. The molecule has 3 aromatic rings. The number of nitrogens with zero attached hydrogens (tertiary/aromatic N) is 6. The fraction of sp³-hybridized carbons (Fsp3) is 0.514. The lowest BCUT2D eigenvalue weighted by atomic mass is 9.88. The van der Waals surface area contributed by atoms with Crippen LogP contribution in [-0.4, -0.2) is 90.9 Å². The van der Waals surface area contributed by atoms with Gasteiger partial charge in [0.2, 0.25) is 11.8 Å². The predicted molar refractivity (Wildman–Crippen MR) is 174 cm³/mol. The van der Waals surface area contributed by atoms with E-state index in [9.17, 15) is 19.5 Å². The Bertz CT molecular complexity index is 1620. The Morgan fingerprint density at radius 3 is 2.61 bits per heavy atom. The molecular weight excluding hydrogens is 604 g/mol. The number of carbonyl (C=O) groups excluding carboxylic acids is 2. The number of hydrogen-bond donors (Lipinski definition) is 1.